The average molecular weight is 453 g/mol. The van der Waals surface area contributed by atoms with Crippen LogP contribution in [0.25, 0.3) is 28.1 Å². The Hall–Kier alpha value is -4.32. The smallest absolute Gasteiger partial charge is 0.407 e. The van der Waals surface area contributed by atoms with E-state index in [1.807, 2.05) is 54.6 Å². The first-order valence-electron chi connectivity index (χ1n) is 11.2. The molecule has 0 fully saturated rings. The molecular formula is C28H24N2O4. The molecule has 4 aromatic rings. The van der Waals surface area contributed by atoms with Gasteiger partial charge in [-0.2, -0.15) is 0 Å². The van der Waals surface area contributed by atoms with E-state index in [4.69, 9.17) is 9.84 Å². The zero-order valence-electron chi connectivity index (χ0n) is 18.5. The van der Waals surface area contributed by atoms with Crippen molar-refractivity contribution in [3.05, 3.63) is 101 Å². The van der Waals surface area contributed by atoms with Crippen molar-refractivity contribution in [1.29, 1.82) is 0 Å². The van der Waals surface area contributed by atoms with Crippen LogP contribution in [0.2, 0.25) is 0 Å². The van der Waals surface area contributed by atoms with Crippen molar-refractivity contribution in [1.82, 2.24) is 10.3 Å². The van der Waals surface area contributed by atoms with E-state index in [1.165, 1.54) is 22.3 Å². The van der Waals surface area contributed by atoms with Crippen LogP contribution in [-0.4, -0.2) is 35.3 Å². The number of carbonyl (C=O) groups excluding carboxylic acids is 1. The highest BCUT2D eigenvalue weighted by molar-refractivity contribution is 5.94. The number of nitrogens with one attached hydrogen (secondary N) is 2. The number of H-pyrrole nitrogens is 1. The van der Waals surface area contributed by atoms with Gasteiger partial charge in [0.05, 0.1) is 0 Å². The minimum absolute atomic E-state index is 0.0441. The summed E-state index contributed by atoms with van der Waals surface area (Å²) in [6.07, 6.45) is 4.13. The zero-order chi connectivity index (χ0) is 23.5. The summed E-state index contributed by atoms with van der Waals surface area (Å²) < 4.78 is 5.55. The van der Waals surface area contributed by atoms with Crippen molar-refractivity contribution in [3.63, 3.8) is 0 Å². The molecule has 1 amide bonds. The van der Waals surface area contributed by atoms with Crippen molar-refractivity contribution in [2.45, 2.75) is 12.3 Å². The van der Waals surface area contributed by atoms with Gasteiger partial charge in [0.1, 0.15) is 12.3 Å². The van der Waals surface area contributed by atoms with Crippen molar-refractivity contribution >= 4 is 29.0 Å². The number of aromatic nitrogens is 1. The third kappa shape index (κ3) is 4.30. The molecular weight excluding hydrogens is 428 g/mol. The molecule has 0 unspecified atom stereocenters. The average Bonchev–Trinajstić information content (AvgIpc) is 3.42. The largest absolute Gasteiger partial charge is 0.477 e. The van der Waals surface area contributed by atoms with Crippen LogP contribution in [-0.2, 0) is 4.74 Å². The summed E-state index contributed by atoms with van der Waals surface area (Å²) in [6, 6.07) is 23.8. The summed E-state index contributed by atoms with van der Waals surface area (Å²) in [5.41, 5.74) is 6.68. The lowest BCUT2D eigenvalue weighted by molar-refractivity contribution is 0.0691. The van der Waals surface area contributed by atoms with Crippen LogP contribution < -0.4 is 5.32 Å². The summed E-state index contributed by atoms with van der Waals surface area (Å²) in [7, 11) is 0. The third-order valence-electron chi connectivity index (χ3n) is 6.11. The maximum absolute atomic E-state index is 12.3. The van der Waals surface area contributed by atoms with Crippen LogP contribution in [0.3, 0.4) is 0 Å². The zero-order valence-corrected chi connectivity index (χ0v) is 18.5. The Balaban J connectivity index is 1.12. The van der Waals surface area contributed by atoms with Crippen LogP contribution in [0.4, 0.5) is 4.79 Å². The molecule has 3 N–H and O–H groups in total. The van der Waals surface area contributed by atoms with E-state index in [0.29, 0.717) is 19.6 Å². The van der Waals surface area contributed by atoms with E-state index >= 15 is 0 Å². The van der Waals surface area contributed by atoms with Crippen molar-refractivity contribution < 1.29 is 19.4 Å². The minimum Gasteiger partial charge on any atom is -0.477 e. The Kier molecular flexibility index (Phi) is 5.87. The van der Waals surface area contributed by atoms with Crippen molar-refractivity contribution in [2.24, 2.45) is 0 Å². The normalized spacial score (nSPS) is 12.6. The van der Waals surface area contributed by atoms with Gasteiger partial charge >= 0.3 is 12.1 Å². The summed E-state index contributed by atoms with van der Waals surface area (Å²) in [4.78, 5) is 26.2. The van der Waals surface area contributed by atoms with Gasteiger partial charge in [-0.15, -0.1) is 0 Å². The molecule has 0 saturated carbocycles. The maximum atomic E-state index is 12.3. The van der Waals surface area contributed by atoms with Crippen LogP contribution in [0.15, 0.2) is 78.9 Å². The number of carboxylic acids is 1. The second-order valence-electron chi connectivity index (χ2n) is 8.28. The molecule has 1 aromatic heterocycles. The van der Waals surface area contributed by atoms with E-state index in [9.17, 15) is 9.59 Å². The van der Waals surface area contributed by atoms with E-state index in [1.54, 1.807) is 6.07 Å². The first kappa shape index (κ1) is 21.5. The highest BCUT2D eigenvalue weighted by Gasteiger charge is 2.28. The summed E-state index contributed by atoms with van der Waals surface area (Å²) in [5, 5.41) is 12.8. The Bertz CT molecular complexity index is 1360. The Morgan fingerprint density at radius 3 is 2.38 bits per heavy atom. The van der Waals surface area contributed by atoms with Gasteiger partial charge in [0.15, 0.2) is 0 Å². The van der Waals surface area contributed by atoms with Gasteiger partial charge in [-0.3, -0.25) is 0 Å². The Labute approximate surface area is 196 Å². The molecule has 0 radical (unpaired) electrons. The van der Waals surface area contributed by atoms with Gasteiger partial charge < -0.3 is 20.1 Å². The molecule has 0 saturated heterocycles. The molecule has 170 valence electrons. The monoisotopic (exact) mass is 452 g/mol. The molecule has 1 aliphatic carbocycles. The van der Waals surface area contributed by atoms with Crippen LogP contribution in [0.5, 0.6) is 0 Å². The fourth-order valence-electron chi connectivity index (χ4n) is 4.49. The van der Waals surface area contributed by atoms with Gasteiger partial charge in [-0.05, 0) is 46.4 Å². The number of amides is 1. The molecule has 1 aliphatic rings. The quantitative estimate of drug-likeness (QED) is 0.309. The molecule has 0 bridgehead atoms. The van der Waals surface area contributed by atoms with Crippen molar-refractivity contribution in [3.8, 4) is 11.1 Å². The fourth-order valence-corrected chi connectivity index (χ4v) is 4.49. The number of carbonyl (C=O) groups is 2. The van der Waals surface area contributed by atoms with Gasteiger partial charge in [0.25, 0.3) is 0 Å². The number of carboxylic acid groups (broad SMARTS) is 1. The van der Waals surface area contributed by atoms with E-state index in [0.717, 1.165) is 16.5 Å². The number of hydrogen-bond acceptors (Lipinski definition) is 3. The van der Waals surface area contributed by atoms with Gasteiger partial charge in [-0.1, -0.05) is 72.8 Å². The topological polar surface area (TPSA) is 91.4 Å². The Morgan fingerprint density at radius 1 is 0.971 bits per heavy atom. The summed E-state index contributed by atoms with van der Waals surface area (Å²) >= 11 is 0. The predicted octanol–water partition coefficient (Wildman–Crippen LogP) is 5.81. The number of hydrogen-bond donors (Lipinski definition) is 3. The lowest BCUT2D eigenvalue weighted by atomic mass is 9.98. The number of ether oxygens (including phenoxy) is 1. The van der Waals surface area contributed by atoms with E-state index in [2.05, 4.69) is 34.6 Å². The van der Waals surface area contributed by atoms with E-state index in [-0.39, 0.29) is 11.6 Å². The molecule has 5 rings (SSSR count). The SMILES string of the molecule is O=C(NCCC=Cc1ccc2cc(C(=O)O)[nH]c2c1)OCC1c2ccccc2-c2ccccc21. The number of benzene rings is 3. The van der Waals surface area contributed by atoms with Crippen LogP contribution >= 0.6 is 0 Å². The molecule has 6 nitrogen and oxygen atoms in total. The second kappa shape index (κ2) is 9.27. The summed E-state index contributed by atoms with van der Waals surface area (Å²) in [5.74, 6) is -0.935. The van der Waals surface area contributed by atoms with Crippen LogP contribution in [0, 0.1) is 0 Å². The molecule has 0 spiro atoms. The highest BCUT2D eigenvalue weighted by atomic mass is 16.5. The number of aromatic amines is 1. The van der Waals surface area contributed by atoms with E-state index < -0.39 is 12.1 Å². The molecule has 0 atom stereocenters. The maximum Gasteiger partial charge on any atom is 0.407 e. The van der Waals surface area contributed by atoms with Crippen LogP contribution in [0.1, 0.15) is 39.5 Å². The molecule has 1 heterocycles. The highest BCUT2D eigenvalue weighted by Crippen LogP contribution is 2.44. The van der Waals surface area contributed by atoms with Crippen molar-refractivity contribution in [2.75, 3.05) is 13.2 Å². The second-order valence-corrected chi connectivity index (χ2v) is 8.28. The number of rotatable bonds is 7. The standard InChI is InChI=1S/C28H24N2O4/c31-27(32)26-16-19-13-12-18(15-25(19)30-26)7-5-6-14-29-28(33)34-17-24-22-10-3-1-8-20(22)21-9-2-4-11-23(21)24/h1-5,7-13,15-16,24,30H,6,14,17H2,(H,29,33)(H,31,32). The first-order valence-corrected chi connectivity index (χ1v) is 11.2. The lowest BCUT2D eigenvalue weighted by Crippen LogP contribution is -2.26. The molecule has 3 aromatic carbocycles. The first-order chi connectivity index (χ1) is 16.6. The van der Waals surface area contributed by atoms with Gasteiger partial charge in [0, 0.05) is 23.4 Å². The predicted molar refractivity (Wildman–Crippen MR) is 132 cm³/mol. The minimum atomic E-state index is -0.979. The number of aromatic carboxylic acids is 1. The number of fused-ring (bicyclic) bond motifs is 4. The summed E-state index contributed by atoms with van der Waals surface area (Å²) in [6.45, 7) is 0.755. The Morgan fingerprint density at radius 2 is 1.68 bits per heavy atom. The molecule has 6 heteroatoms. The molecule has 34 heavy (non-hydrogen) atoms. The van der Waals surface area contributed by atoms with Gasteiger partial charge in [0.2, 0.25) is 0 Å². The fraction of sp³-hybridized carbons (Fsp3) is 0.143. The third-order valence-corrected chi connectivity index (χ3v) is 6.11. The molecule has 0 aliphatic heterocycles. The lowest BCUT2D eigenvalue weighted by Gasteiger charge is -2.14. The number of alkyl carbamates (subject to hydrolysis) is 1. The van der Waals surface area contributed by atoms with Gasteiger partial charge in [-0.25, -0.2) is 9.59 Å².